The number of nitrogens with zero attached hydrogens (tertiary/aromatic N) is 1. The third-order valence-corrected chi connectivity index (χ3v) is 5.45. The number of hydrogen-bond donors (Lipinski definition) is 1. The molecule has 2 aromatic rings. The number of aromatic nitrogens is 1. The smallest absolute Gasteiger partial charge is 0.175 e. The van der Waals surface area contributed by atoms with Gasteiger partial charge in [0.2, 0.25) is 0 Å². The van der Waals surface area contributed by atoms with E-state index in [0.717, 1.165) is 29.8 Å². The van der Waals surface area contributed by atoms with Crippen LogP contribution in [0.3, 0.4) is 0 Å². The second-order valence-corrected chi connectivity index (χ2v) is 8.34. The standard InChI is InChI=1S/C17H19ClN2O2S/c1-23(21,22)14-7-5-12(6-8-14)15-10-13(18)11-20-17(15)16-4-2-3-9-19-16/h5-8,10-11,16,19H,2-4,9H2,1H3. The van der Waals surface area contributed by atoms with E-state index >= 15 is 0 Å². The molecule has 0 aliphatic carbocycles. The SMILES string of the molecule is CS(=O)(=O)c1ccc(-c2cc(Cl)cnc2C2CCCCN2)cc1. The third kappa shape index (κ3) is 3.74. The monoisotopic (exact) mass is 350 g/mol. The van der Waals surface area contributed by atoms with Crippen LogP contribution in [0.2, 0.25) is 5.02 Å². The molecule has 1 unspecified atom stereocenters. The summed E-state index contributed by atoms with van der Waals surface area (Å²) >= 11 is 6.13. The molecule has 1 N–H and O–H groups in total. The molecule has 3 rings (SSSR count). The lowest BCUT2D eigenvalue weighted by molar-refractivity contribution is 0.406. The summed E-state index contributed by atoms with van der Waals surface area (Å²) in [5, 5.41) is 4.07. The van der Waals surface area contributed by atoms with Gasteiger partial charge in [0.1, 0.15) is 0 Å². The lowest BCUT2D eigenvalue weighted by Gasteiger charge is -2.25. The lowest BCUT2D eigenvalue weighted by atomic mass is 9.95. The second kappa shape index (κ2) is 6.59. The minimum absolute atomic E-state index is 0.214. The largest absolute Gasteiger partial charge is 0.309 e. The molecule has 23 heavy (non-hydrogen) atoms. The van der Waals surface area contributed by atoms with Gasteiger partial charge in [-0.15, -0.1) is 0 Å². The average molecular weight is 351 g/mol. The Balaban J connectivity index is 2.02. The molecular weight excluding hydrogens is 332 g/mol. The van der Waals surface area contributed by atoms with Crippen molar-refractivity contribution in [3.05, 3.63) is 47.2 Å². The molecule has 1 aromatic heterocycles. The van der Waals surface area contributed by atoms with Gasteiger partial charge in [-0.05, 0) is 43.1 Å². The molecule has 0 radical (unpaired) electrons. The van der Waals surface area contributed by atoms with E-state index in [2.05, 4.69) is 10.3 Å². The van der Waals surface area contributed by atoms with Gasteiger partial charge in [0.25, 0.3) is 0 Å². The van der Waals surface area contributed by atoms with Gasteiger partial charge in [-0.1, -0.05) is 30.2 Å². The van der Waals surface area contributed by atoms with Crippen molar-refractivity contribution in [1.29, 1.82) is 0 Å². The molecule has 0 amide bonds. The Morgan fingerprint density at radius 3 is 2.57 bits per heavy atom. The maximum atomic E-state index is 11.6. The van der Waals surface area contributed by atoms with Crippen LogP contribution in [0.4, 0.5) is 0 Å². The molecule has 1 fully saturated rings. The van der Waals surface area contributed by atoms with Crippen molar-refractivity contribution >= 4 is 21.4 Å². The van der Waals surface area contributed by atoms with Gasteiger partial charge in [0.15, 0.2) is 9.84 Å². The van der Waals surface area contributed by atoms with Crippen LogP contribution in [0.5, 0.6) is 0 Å². The lowest BCUT2D eigenvalue weighted by Crippen LogP contribution is -2.28. The van der Waals surface area contributed by atoms with E-state index in [0.29, 0.717) is 9.92 Å². The summed E-state index contributed by atoms with van der Waals surface area (Å²) in [4.78, 5) is 4.85. The van der Waals surface area contributed by atoms with Crippen molar-refractivity contribution in [1.82, 2.24) is 10.3 Å². The molecule has 1 aromatic carbocycles. The Labute approximate surface area is 141 Å². The van der Waals surface area contributed by atoms with Crippen LogP contribution in [-0.2, 0) is 9.84 Å². The van der Waals surface area contributed by atoms with E-state index < -0.39 is 9.84 Å². The predicted molar refractivity (Wildman–Crippen MR) is 92.4 cm³/mol. The van der Waals surface area contributed by atoms with E-state index in [1.807, 2.05) is 18.2 Å². The number of nitrogens with one attached hydrogen (secondary N) is 1. The van der Waals surface area contributed by atoms with E-state index in [4.69, 9.17) is 11.6 Å². The fourth-order valence-electron chi connectivity index (χ4n) is 2.93. The summed E-state index contributed by atoms with van der Waals surface area (Å²) in [5.74, 6) is 0. The van der Waals surface area contributed by atoms with Gasteiger partial charge in [-0.25, -0.2) is 8.42 Å². The first kappa shape index (κ1) is 16.4. The van der Waals surface area contributed by atoms with E-state index in [-0.39, 0.29) is 6.04 Å². The zero-order valence-electron chi connectivity index (χ0n) is 12.9. The summed E-state index contributed by atoms with van der Waals surface area (Å²) in [6.45, 7) is 0.988. The number of halogens is 1. The zero-order valence-corrected chi connectivity index (χ0v) is 14.5. The highest BCUT2D eigenvalue weighted by Gasteiger charge is 2.20. The van der Waals surface area contributed by atoms with Crippen LogP contribution in [0, 0.1) is 0 Å². The Morgan fingerprint density at radius 2 is 1.96 bits per heavy atom. The highest BCUT2D eigenvalue weighted by molar-refractivity contribution is 7.90. The van der Waals surface area contributed by atoms with Gasteiger partial charge in [0.05, 0.1) is 21.7 Å². The minimum atomic E-state index is -3.19. The van der Waals surface area contributed by atoms with Gasteiger partial charge in [0, 0.05) is 18.0 Å². The van der Waals surface area contributed by atoms with Gasteiger partial charge in [-0.3, -0.25) is 4.98 Å². The summed E-state index contributed by atoms with van der Waals surface area (Å²) in [7, 11) is -3.19. The Bertz CT molecular complexity index is 798. The Morgan fingerprint density at radius 1 is 1.22 bits per heavy atom. The maximum absolute atomic E-state index is 11.6. The van der Waals surface area contributed by atoms with Crippen LogP contribution in [0.1, 0.15) is 31.0 Å². The number of benzene rings is 1. The molecular formula is C17H19ClN2O2S. The van der Waals surface area contributed by atoms with E-state index in [1.54, 1.807) is 18.3 Å². The molecule has 0 spiro atoms. The van der Waals surface area contributed by atoms with Gasteiger partial charge < -0.3 is 5.32 Å². The molecule has 1 aliphatic heterocycles. The van der Waals surface area contributed by atoms with Crippen LogP contribution in [0.25, 0.3) is 11.1 Å². The number of hydrogen-bond acceptors (Lipinski definition) is 4. The maximum Gasteiger partial charge on any atom is 0.175 e. The van der Waals surface area contributed by atoms with Crippen molar-refractivity contribution in [3.8, 4) is 11.1 Å². The fraction of sp³-hybridized carbons (Fsp3) is 0.353. The molecule has 1 saturated heterocycles. The average Bonchev–Trinajstić information content (AvgIpc) is 2.55. The normalized spacial score (nSPS) is 18.8. The van der Waals surface area contributed by atoms with Crippen molar-refractivity contribution < 1.29 is 8.42 Å². The third-order valence-electron chi connectivity index (χ3n) is 4.12. The predicted octanol–water partition coefficient (Wildman–Crippen LogP) is 3.62. The summed E-state index contributed by atoms with van der Waals surface area (Å²) < 4.78 is 23.2. The fourth-order valence-corrected chi connectivity index (χ4v) is 3.71. The molecule has 1 aliphatic rings. The molecule has 1 atom stereocenters. The number of sulfone groups is 1. The summed E-state index contributed by atoms with van der Waals surface area (Å²) in [5.41, 5.74) is 2.85. The number of rotatable bonds is 3. The molecule has 2 heterocycles. The number of piperidine rings is 1. The van der Waals surface area contributed by atoms with Crippen LogP contribution in [-0.4, -0.2) is 26.2 Å². The van der Waals surface area contributed by atoms with Crippen LogP contribution in [0.15, 0.2) is 41.4 Å². The Hall–Kier alpha value is -1.43. The van der Waals surface area contributed by atoms with E-state index in [9.17, 15) is 8.42 Å². The first-order chi connectivity index (χ1) is 10.9. The van der Waals surface area contributed by atoms with Crippen molar-refractivity contribution in [2.75, 3.05) is 12.8 Å². The summed E-state index contributed by atoms with van der Waals surface area (Å²) in [6.07, 6.45) is 6.28. The van der Waals surface area contributed by atoms with Crippen LogP contribution < -0.4 is 5.32 Å². The highest BCUT2D eigenvalue weighted by Crippen LogP contribution is 2.33. The highest BCUT2D eigenvalue weighted by atomic mass is 35.5. The van der Waals surface area contributed by atoms with E-state index in [1.165, 1.54) is 19.1 Å². The molecule has 0 saturated carbocycles. The van der Waals surface area contributed by atoms with Gasteiger partial charge in [-0.2, -0.15) is 0 Å². The molecule has 122 valence electrons. The van der Waals surface area contributed by atoms with Crippen LogP contribution >= 0.6 is 11.6 Å². The second-order valence-electron chi connectivity index (χ2n) is 5.89. The topological polar surface area (TPSA) is 59.1 Å². The molecule has 0 bridgehead atoms. The van der Waals surface area contributed by atoms with Crippen molar-refractivity contribution in [2.45, 2.75) is 30.2 Å². The number of pyridine rings is 1. The van der Waals surface area contributed by atoms with Crippen molar-refractivity contribution in [2.24, 2.45) is 0 Å². The first-order valence-corrected chi connectivity index (χ1v) is 9.91. The molecule has 4 nitrogen and oxygen atoms in total. The van der Waals surface area contributed by atoms with Gasteiger partial charge >= 0.3 is 0 Å². The quantitative estimate of drug-likeness (QED) is 0.918. The minimum Gasteiger partial charge on any atom is -0.309 e. The Kier molecular flexibility index (Phi) is 4.71. The first-order valence-electron chi connectivity index (χ1n) is 7.64. The zero-order chi connectivity index (χ0) is 16.4. The summed E-state index contributed by atoms with van der Waals surface area (Å²) in [6, 6.07) is 9.00. The van der Waals surface area contributed by atoms with Crippen molar-refractivity contribution in [3.63, 3.8) is 0 Å². The molecule has 6 heteroatoms.